The maximum absolute atomic E-state index is 13.6. The fraction of sp³-hybridized carbons (Fsp3) is 0.222. The summed E-state index contributed by atoms with van der Waals surface area (Å²) in [6.45, 7) is 1.41. The van der Waals surface area contributed by atoms with Crippen LogP contribution in [-0.2, 0) is 5.60 Å². The smallest absolute Gasteiger partial charge is 0.421 e. The second kappa shape index (κ2) is 7.50. The molecule has 0 bridgehead atoms. The number of rotatable bonds is 5. The molecule has 0 amide bonds. The fourth-order valence-corrected chi connectivity index (χ4v) is 3.10. The Morgan fingerprint density at radius 2 is 1.59 bits per heavy atom. The van der Waals surface area contributed by atoms with Crippen molar-refractivity contribution in [3.05, 3.63) is 68.7 Å². The van der Waals surface area contributed by atoms with Crippen LogP contribution in [0.25, 0.3) is 0 Å². The van der Waals surface area contributed by atoms with Crippen molar-refractivity contribution in [2.75, 3.05) is 0 Å². The molecule has 2 N–H and O–H groups in total. The fourth-order valence-electron chi connectivity index (χ4n) is 2.57. The minimum absolute atomic E-state index is 0.0840. The van der Waals surface area contributed by atoms with Crippen LogP contribution in [0.5, 0.6) is 0 Å². The summed E-state index contributed by atoms with van der Waals surface area (Å²) < 4.78 is 40.8. The highest BCUT2D eigenvalue weighted by Gasteiger charge is 2.56. The topological polar surface area (TPSA) is 74.6 Å². The third-order valence-electron chi connectivity index (χ3n) is 4.00. The van der Waals surface area contributed by atoms with E-state index in [1.807, 2.05) is 0 Å². The third-order valence-corrected chi connectivity index (χ3v) is 4.44. The molecular formula is C18H13Cl2F3O4. The van der Waals surface area contributed by atoms with E-state index in [-0.39, 0.29) is 26.7 Å². The van der Waals surface area contributed by atoms with E-state index >= 15 is 0 Å². The van der Waals surface area contributed by atoms with E-state index in [0.717, 1.165) is 30.3 Å². The third kappa shape index (κ3) is 4.43. The summed E-state index contributed by atoms with van der Waals surface area (Å²) in [4.78, 5) is 23.4. The average Bonchev–Trinajstić information content (AvgIpc) is 2.52. The molecule has 0 radical (unpaired) electrons. The lowest BCUT2D eigenvalue weighted by molar-refractivity contribution is -0.264. The van der Waals surface area contributed by atoms with Crippen molar-refractivity contribution in [3.63, 3.8) is 0 Å². The predicted octanol–water partition coefficient (Wildman–Crippen LogP) is 5.02. The predicted molar refractivity (Wildman–Crippen MR) is 93.5 cm³/mol. The van der Waals surface area contributed by atoms with Gasteiger partial charge < -0.3 is 10.2 Å². The summed E-state index contributed by atoms with van der Waals surface area (Å²) in [5, 5.41) is 19.1. The maximum Gasteiger partial charge on any atom is 0.421 e. The molecule has 0 aliphatic heterocycles. The summed E-state index contributed by atoms with van der Waals surface area (Å²) in [6, 6.07) is 6.33. The summed E-state index contributed by atoms with van der Waals surface area (Å²) in [6.07, 6.45) is -6.51. The number of carbonyl (C=O) groups is 2. The number of carboxylic acids is 1. The first-order chi connectivity index (χ1) is 12.3. The molecule has 144 valence electrons. The number of Topliss-reactive ketones (excluding diaryl/α,β-unsaturated/α-hetero) is 1. The van der Waals surface area contributed by atoms with Gasteiger partial charge in [0.2, 0.25) is 0 Å². The number of hydrogen-bond acceptors (Lipinski definition) is 3. The van der Waals surface area contributed by atoms with Gasteiger partial charge in [-0.25, -0.2) is 4.79 Å². The molecule has 0 aliphatic rings. The summed E-state index contributed by atoms with van der Waals surface area (Å²) in [5.41, 5.74) is -4.22. The Kier molecular flexibility index (Phi) is 5.89. The normalized spacial score (nSPS) is 13.9. The number of carboxylic acid groups (broad SMARTS) is 1. The number of ketones is 1. The lowest BCUT2D eigenvalue weighted by Crippen LogP contribution is -2.44. The number of carbonyl (C=O) groups excluding carboxylic acids is 1. The molecule has 9 heteroatoms. The molecule has 0 fully saturated rings. The van der Waals surface area contributed by atoms with Crippen molar-refractivity contribution in [2.24, 2.45) is 0 Å². The Morgan fingerprint density at radius 1 is 1.04 bits per heavy atom. The highest BCUT2D eigenvalue weighted by molar-refractivity contribution is 6.34. The first-order valence-corrected chi connectivity index (χ1v) is 8.23. The van der Waals surface area contributed by atoms with Crippen molar-refractivity contribution in [1.29, 1.82) is 0 Å². The van der Waals surface area contributed by atoms with Crippen molar-refractivity contribution < 1.29 is 33.0 Å². The van der Waals surface area contributed by atoms with E-state index < -0.39 is 35.5 Å². The monoisotopic (exact) mass is 420 g/mol. The van der Waals surface area contributed by atoms with Crippen molar-refractivity contribution >= 4 is 35.0 Å². The van der Waals surface area contributed by atoms with Gasteiger partial charge in [0.15, 0.2) is 11.4 Å². The Morgan fingerprint density at radius 3 is 2.04 bits per heavy atom. The van der Waals surface area contributed by atoms with Gasteiger partial charge in [-0.2, -0.15) is 13.2 Å². The zero-order valence-corrected chi connectivity index (χ0v) is 15.3. The standard InChI is InChI=1S/C18H13Cl2F3O4/c1-9-4-10(2-3-14(9)16(25)26)15(24)8-17(27,18(21,22)23)11-5-12(19)7-13(20)6-11/h2-7,27H,8H2,1H3,(H,25,26)/t17-/m0/s1. The molecule has 2 aromatic carbocycles. The van der Waals surface area contributed by atoms with Gasteiger partial charge in [0.1, 0.15) is 0 Å². The highest BCUT2D eigenvalue weighted by atomic mass is 35.5. The van der Waals surface area contributed by atoms with E-state index in [0.29, 0.717) is 0 Å². The molecule has 4 nitrogen and oxygen atoms in total. The molecule has 27 heavy (non-hydrogen) atoms. The largest absolute Gasteiger partial charge is 0.478 e. The molecule has 0 saturated heterocycles. The van der Waals surface area contributed by atoms with Crippen LogP contribution in [0.1, 0.15) is 38.3 Å². The highest BCUT2D eigenvalue weighted by Crippen LogP contribution is 2.43. The Balaban J connectivity index is 2.46. The van der Waals surface area contributed by atoms with Gasteiger partial charge in [-0.05, 0) is 48.4 Å². The summed E-state index contributed by atoms with van der Waals surface area (Å²) in [5.74, 6) is -2.25. The Bertz CT molecular complexity index is 892. The zero-order chi connectivity index (χ0) is 20.6. The average molecular weight is 421 g/mol. The number of aliphatic hydroxyl groups is 1. The van der Waals surface area contributed by atoms with Gasteiger partial charge in [-0.3, -0.25) is 4.79 Å². The van der Waals surface area contributed by atoms with E-state index in [4.69, 9.17) is 28.3 Å². The molecule has 0 spiro atoms. The van der Waals surface area contributed by atoms with E-state index in [1.165, 1.54) is 13.0 Å². The van der Waals surface area contributed by atoms with Crippen LogP contribution in [0.2, 0.25) is 10.0 Å². The van der Waals surface area contributed by atoms with Gasteiger partial charge in [0, 0.05) is 15.6 Å². The minimum Gasteiger partial charge on any atom is -0.478 e. The molecular weight excluding hydrogens is 408 g/mol. The van der Waals surface area contributed by atoms with Crippen LogP contribution in [-0.4, -0.2) is 28.1 Å². The second-order valence-electron chi connectivity index (χ2n) is 5.95. The Hall–Kier alpha value is -2.09. The quantitative estimate of drug-likeness (QED) is 0.665. The number of halogens is 5. The van der Waals surface area contributed by atoms with Crippen molar-refractivity contribution in [1.82, 2.24) is 0 Å². The van der Waals surface area contributed by atoms with E-state index in [1.54, 1.807) is 0 Å². The van der Waals surface area contributed by atoms with Gasteiger partial charge in [-0.1, -0.05) is 29.3 Å². The van der Waals surface area contributed by atoms with Crippen LogP contribution >= 0.6 is 23.2 Å². The molecule has 1 atom stereocenters. The number of aryl methyl sites for hydroxylation is 1. The van der Waals surface area contributed by atoms with E-state index in [9.17, 15) is 27.9 Å². The SMILES string of the molecule is Cc1cc(C(=O)C[C@](O)(c2cc(Cl)cc(Cl)c2)C(F)(F)F)ccc1C(=O)O. The molecule has 0 heterocycles. The minimum atomic E-state index is -5.19. The van der Waals surface area contributed by atoms with Crippen LogP contribution in [0.3, 0.4) is 0 Å². The van der Waals surface area contributed by atoms with Crippen LogP contribution in [0.4, 0.5) is 13.2 Å². The molecule has 2 aromatic rings. The van der Waals surface area contributed by atoms with Crippen molar-refractivity contribution in [3.8, 4) is 0 Å². The molecule has 2 rings (SSSR count). The Labute approximate surface area is 162 Å². The lowest BCUT2D eigenvalue weighted by Gasteiger charge is -2.30. The zero-order valence-electron chi connectivity index (χ0n) is 13.8. The van der Waals surface area contributed by atoms with Crippen molar-refractivity contribution in [2.45, 2.75) is 25.1 Å². The van der Waals surface area contributed by atoms with Gasteiger partial charge in [0.25, 0.3) is 0 Å². The summed E-state index contributed by atoms with van der Waals surface area (Å²) >= 11 is 11.4. The summed E-state index contributed by atoms with van der Waals surface area (Å²) in [7, 11) is 0. The van der Waals surface area contributed by atoms with Crippen LogP contribution in [0, 0.1) is 6.92 Å². The first kappa shape index (κ1) is 21.2. The number of aromatic carboxylic acids is 1. The van der Waals surface area contributed by atoms with Gasteiger partial charge in [0.05, 0.1) is 12.0 Å². The molecule has 0 aromatic heterocycles. The number of alkyl halides is 3. The van der Waals surface area contributed by atoms with E-state index in [2.05, 4.69) is 0 Å². The molecule has 0 aliphatic carbocycles. The molecule has 0 unspecified atom stereocenters. The second-order valence-corrected chi connectivity index (χ2v) is 6.82. The molecule has 0 saturated carbocycles. The van der Waals surface area contributed by atoms with Crippen LogP contribution in [0.15, 0.2) is 36.4 Å². The number of benzene rings is 2. The van der Waals surface area contributed by atoms with Gasteiger partial charge >= 0.3 is 12.1 Å². The maximum atomic E-state index is 13.6. The lowest BCUT2D eigenvalue weighted by atomic mass is 9.86. The first-order valence-electron chi connectivity index (χ1n) is 7.48. The van der Waals surface area contributed by atoms with Crippen LogP contribution < -0.4 is 0 Å². The number of hydrogen-bond donors (Lipinski definition) is 2. The van der Waals surface area contributed by atoms with Gasteiger partial charge in [-0.15, -0.1) is 0 Å².